The molecule has 7 nitrogen and oxygen atoms in total. The molecule has 3 rings (SSSR count). The lowest BCUT2D eigenvalue weighted by molar-refractivity contribution is -0.147. The summed E-state index contributed by atoms with van der Waals surface area (Å²) >= 11 is 5.95. The number of aromatic nitrogens is 1. The van der Waals surface area contributed by atoms with Crippen molar-refractivity contribution < 1.29 is 28.6 Å². The first kappa shape index (κ1) is 22.5. The zero-order valence-electron chi connectivity index (χ0n) is 16.5. The van der Waals surface area contributed by atoms with Gasteiger partial charge in [-0.25, -0.2) is 14.2 Å². The van der Waals surface area contributed by atoms with Gasteiger partial charge in [0.25, 0.3) is 5.89 Å². The first-order valence-electron chi connectivity index (χ1n) is 9.41. The van der Waals surface area contributed by atoms with Crippen LogP contribution in [0.25, 0.3) is 11.1 Å². The summed E-state index contributed by atoms with van der Waals surface area (Å²) in [6, 6.07) is 10.4. The van der Waals surface area contributed by atoms with E-state index in [2.05, 4.69) is 10.3 Å². The zero-order valence-corrected chi connectivity index (χ0v) is 17.3. The fourth-order valence-corrected chi connectivity index (χ4v) is 3.27. The SMILES string of the molecule is Cc1cnc(C(=O)N[C@H](Cc2ccc(-c3cc(Cl)ccc3F)cc2)C[C@@H](O)C(=O)O)o1. The van der Waals surface area contributed by atoms with E-state index in [0.29, 0.717) is 21.9 Å². The molecule has 0 aliphatic rings. The van der Waals surface area contributed by atoms with Gasteiger partial charge in [-0.3, -0.25) is 4.79 Å². The lowest BCUT2D eigenvalue weighted by Crippen LogP contribution is -2.40. The normalized spacial score (nSPS) is 12.9. The molecule has 3 N–H and O–H groups in total. The second-order valence-electron chi connectivity index (χ2n) is 7.06. The Labute approximate surface area is 182 Å². The standard InChI is InChI=1S/C22H20ClFN2O5/c1-12-11-25-21(31-12)20(28)26-16(10-19(27)22(29)30)8-13-2-4-14(5-3-13)17-9-15(23)6-7-18(17)24/h2-7,9,11,16,19,27H,8,10H2,1H3,(H,26,28)(H,29,30)/t16-,19-/m1/s1. The molecule has 1 aromatic heterocycles. The zero-order chi connectivity index (χ0) is 22.5. The number of halogens is 2. The molecule has 31 heavy (non-hydrogen) atoms. The Morgan fingerprint density at radius 1 is 1.23 bits per heavy atom. The average Bonchev–Trinajstić information content (AvgIpc) is 3.17. The molecule has 0 radical (unpaired) electrons. The molecule has 0 fully saturated rings. The number of carbonyl (C=O) groups excluding carboxylic acids is 1. The molecule has 0 bridgehead atoms. The fourth-order valence-electron chi connectivity index (χ4n) is 3.09. The minimum Gasteiger partial charge on any atom is -0.479 e. The number of carboxylic acid groups (broad SMARTS) is 1. The van der Waals surface area contributed by atoms with Crippen molar-refractivity contribution in [3.05, 3.63) is 76.7 Å². The molecule has 3 aromatic rings. The summed E-state index contributed by atoms with van der Waals surface area (Å²) in [6.07, 6.45) is -0.250. The van der Waals surface area contributed by atoms with Crippen molar-refractivity contribution >= 4 is 23.5 Å². The maximum Gasteiger partial charge on any atom is 0.332 e. The largest absolute Gasteiger partial charge is 0.479 e. The maximum atomic E-state index is 14.1. The van der Waals surface area contributed by atoms with Gasteiger partial charge in [0, 0.05) is 23.0 Å². The van der Waals surface area contributed by atoms with Crippen molar-refractivity contribution in [2.45, 2.75) is 31.9 Å². The summed E-state index contributed by atoms with van der Waals surface area (Å²) in [5.74, 6) is -2.12. The van der Waals surface area contributed by atoms with Gasteiger partial charge in [0.2, 0.25) is 0 Å². The van der Waals surface area contributed by atoms with Gasteiger partial charge in [-0.15, -0.1) is 0 Å². The number of aliphatic hydroxyl groups excluding tert-OH is 1. The van der Waals surface area contributed by atoms with Gasteiger partial charge < -0.3 is 19.9 Å². The molecule has 1 heterocycles. The minimum atomic E-state index is -1.66. The number of nitrogens with zero attached hydrogens (tertiary/aromatic N) is 1. The summed E-state index contributed by atoms with van der Waals surface area (Å²) in [7, 11) is 0. The van der Waals surface area contributed by atoms with E-state index in [-0.39, 0.29) is 18.7 Å². The highest BCUT2D eigenvalue weighted by Crippen LogP contribution is 2.26. The number of benzene rings is 2. The third-order valence-corrected chi connectivity index (χ3v) is 4.85. The first-order chi connectivity index (χ1) is 14.7. The number of aryl methyl sites for hydroxylation is 1. The molecule has 1 amide bonds. The highest BCUT2D eigenvalue weighted by atomic mass is 35.5. The maximum absolute atomic E-state index is 14.1. The van der Waals surface area contributed by atoms with E-state index in [1.807, 2.05) is 0 Å². The minimum absolute atomic E-state index is 0.154. The number of amides is 1. The van der Waals surface area contributed by atoms with Crippen molar-refractivity contribution in [1.29, 1.82) is 0 Å². The van der Waals surface area contributed by atoms with Crippen molar-refractivity contribution in [2.24, 2.45) is 0 Å². The van der Waals surface area contributed by atoms with Crippen LogP contribution in [-0.4, -0.2) is 39.2 Å². The summed E-state index contributed by atoms with van der Waals surface area (Å²) < 4.78 is 19.3. The second kappa shape index (κ2) is 9.72. The molecule has 2 atom stereocenters. The van der Waals surface area contributed by atoms with Crippen LogP contribution in [0.1, 0.15) is 28.4 Å². The fraction of sp³-hybridized carbons (Fsp3) is 0.227. The number of nitrogens with one attached hydrogen (secondary N) is 1. The first-order valence-corrected chi connectivity index (χ1v) is 9.79. The van der Waals surface area contributed by atoms with E-state index in [1.54, 1.807) is 31.2 Å². The van der Waals surface area contributed by atoms with Crippen LogP contribution in [0.2, 0.25) is 5.02 Å². The van der Waals surface area contributed by atoms with Gasteiger partial charge in [-0.05, 0) is 42.7 Å². The monoisotopic (exact) mass is 446 g/mol. The topological polar surface area (TPSA) is 113 Å². The molecule has 162 valence electrons. The van der Waals surface area contributed by atoms with E-state index in [9.17, 15) is 19.1 Å². The molecule has 0 spiro atoms. The van der Waals surface area contributed by atoms with Gasteiger partial charge in [0.05, 0.1) is 6.20 Å². The number of hydrogen-bond donors (Lipinski definition) is 3. The van der Waals surface area contributed by atoms with Crippen LogP contribution in [0, 0.1) is 12.7 Å². The number of carbonyl (C=O) groups is 2. The third kappa shape index (κ3) is 5.90. The summed E-state index contributed by atoms with van der Waals surface area (Å²) in [5.41, 5.74) is 1.72. The Morgan fingerprint density at radius 3 is 2.55 bits per heavy atom. The van der Waals surface area contributed by atoms with E-state index in [1.165, 1.54) is 24.4 Å². The molecule has 0 aliphatic carbocycles. The number of carboxylic acids is 1. The van der Waals surface area contributed by atoms with Crippen LogP contribution in [0.5, 0.6) is 0 Å². The second-order valence-corrected chi connectivity index (χ2v) is 7.50. The third-order valence-electron chi connectivity index (χ3n) is 4.62. The van der Waals surface area contributed by atoms with Crippen LogP contribution >= 0.6 is 11.6 Å². The van der Waals surface area contributed by atoms with Crippen LogP contribution < -0.4 is 5.32 Å². The van der Waals surface area contributed by atoms with Crippen molar-refractivity contribution in [3.63, 3.8) is 0 Å². The van der Waals surface area contributed by atoms with Gasteiger partial charge in [0.15, 0.2) is 6.10 Å². The van der Waals surface area contributed by atoms with Gasteiger partial charge in [-0.2, -0.15) is 0 Å². The smallest absolute Gasteiger partial charge is 0.332 e. The van der Waals surface area contributed by atoms with Crippen molar-refractivity contribution in [2.75, 3.05) is 0 Å². The van der Waals surface area contributed by atoms with Crippen LogP contribution in [-0.2, 0) is 11.2 Å². The van der Waals surface area contributed by atoms with Gasteiger partial charge in [0.1, 0.15) is 11.6 Å². The predicted octanol–water partition coefficient (Wildman–Crippen LogP) is 3.62. The number of rotatable bonds is 8. The predicted molar refractivity (Wildman–Crippen MR) is 111 cm³/mol. The molecular formula is C22H20ClFN2O5. The molecule has 9 heteroatoms. The van der Waals surface area contributed by atoms with Crippen LogP contribution in [0.3, 0.4) is 0 Å². The molecular weight excluding hydrogens is 427 g/mol. The molecule has 2 aromatic carbocycles. The number of aliphatic hydroxyl groups is 1. The summed E-state index contributed by atoms with van der Waals surface area (Å²) in [4.78, 5) is 27.3. The summed E-state index contributed by atoms with van der Waals surface area (Å²) in [6.45, 7) is 1.64. The number of hydrogen-bond acceptors (Lipinski definition) is 5. The molecule has 0 saturated carbocycles. The number of aliphatic carboxylic acids is 1. The highest BCUT2D eigenvalue weighted by Gasteiger charge is 2.24. The Morgan fingerprint density at radius 2 is 1.94 bits per heavy atom. The average molecular weight is 447 g/mol. The number of oxazole rings is 1. The van der Waals surface area contributed by atoms with Crippen molar-refractivity contribution in [1.82, 2.24) is 10.3 Å². The van der Waals surface area contributed by atoms with E-state index in [0.717, 1.165) is 5.56 Å². The molecule has 0 unspecified atom stereocenters. The molecule has 0 saturated heterocycles. The van der Waals surface area contributed by atoms with Crippen LogP contribution in [0.15, 0.2) is 53.1 Å². The Bertz CT molecular complexity index is 1080. The highest BCUT2D eigenvalue weighted by molar-refractivity contribution is 6.30. The quantitative estimate of drug-likeness (QED) is 0.487. The van der Waals surface area contributed by atoms with Gasteiger partial charge in [-0.1, -0.05) is 35.9 Å². The van der Waals surface area contributed by atoms with E-state index in [4.69, 9.17) is 21.1 Å². The van der Waals surface area contributed by atoms with Crippen molar-refractivity contribution in [3.8, 4) is 11.1 Å². The Hall–Kier alpha value is -3.23. The van der Waals surface area contributed by atoms with E-state index < -0.39 is 29.8 Å². The Kier molecular flexibility index (Phi) is 7.04. The van der Waals surface area contributed by atoms with E-state index >= 15 is 0 Å². The molecule has 0 aliphatic heterocycles. The van der Waals surface area contributed by atoms with Gasteiger partial charge >= 0.3 is 11.9 Å². The summed E-state index contributed by atoms with van der Waals surface area (Å²) in [5, 5.41) is 21.8. The lowest BCUT2D eigenvalue weighted by Gasteiger charge is -2.20. The lowest BCUT2D eigenvalue weighted by atomic mass is 9.97. The van der Waals surface area contributed by atoms with Crippen LogP contribution in [0.4, 0.5) is 4.39 Å². The Balaban J connectivity index is 1.77.